The fraction of sp³-hybridized carbons (Fsp3) is 0.214. The lowest BCUT2D eigenvalue weighted by atomic mass is 10.2. The van der Waals surface area contributed by atoms with Gasteiger partial charge in [-0.25, -0.2) is 18.4 Å². The van der Waals surface area contributed by atoms with Gasteiger partial charge in [0.25, 0.3) is 0 Å². The van der Waals surface area contributed by atoms with Gasteiger partial charge in [0.05, 0.1) is 4.90 Å². The van der Waals surface area contributed by atoms with Crippen molar-refractivity contribution in [1.82, 2.24) is 9.97 Å². The van der Waals surface area contributed by atoms with E-state index >= 15 is 0 Å². The number of nitriles is 1. The first-order valence-corrected chi connectivity index (χ1v) is 8.06. The SMILES string of the molecule is Cc1cc(C#N)nc(NCc2ccc(S(C)(=O)=O)cc2)n1. The van der Waals surface area contributed by atoms with Crippen molar-refractivity contribution in [3.8, 4) is 6.07 Å². The number of aromatic nitrogens is 2. The van der Waals surface area contributed by atoms with E-state index in [0.29, 0.717) is 23.9 Å². The molecule has 0 fully saturated rings. The van der Waals surface area contributed by atoms with E-state index in [9.17, 15) is 8.42 Å². The molecule has 0 bridgehead atoms. The zero-order valence-electron chi connectivity index (χ0n) is 11.7. The number of nitrogens with zero attached hydrogens (tertiary/aromatic N) is 3. The van der Waals surface area contributed by atoms with E-state index < -0.39 is 9.84 Å². The van der Waals surface area contributed by atoms with Crippen LogP contribution in [0.5, 0.6) is 0 Å². The number of nitrogens with one attached hydrogen (secondary N) is 1. The summed E-state index contributed by atoms with van der Waals surface area (Å²) in [6.07, 6.45) is 1.17. The van der Waals surface area contributed by atoms with E-state index in [1.54, 1.807) is 37.3 Å². The van der Waals surface area contributed by atoms with Crippen molar-refractivity contribution in [2.75, 3.05) is 11.6 Å². The molecule has 6 nitrogen and oxygen atoms in total. The van der Waals surface area contributed by atoms with Crippen molar-refractivity contribution < 1.29 is 8.42 Å². The molecule has 108 valence electrons. The van der Waals surface area contributed by atoms with Gasteiger partial charge in [-0.3, -0.25) is 0 Å². The molecule has 21 heavy (non-hydrogen) atoms. The van der Waals surface area contributed by atoms with Gasteiger partial charge in [-0.1, -0.05) is 12.1 Å². The third kappa shape index (κ3) is 4.00. The maximum atomic E-state index is 11.4. The third-order valence-electron chi connectivity index (χ3n) is 2.77. The second-order valence-corrected chi connectivity index (χ2v) is 6.62. The minimum Gasteiger partial charge on any atom is -0.350 e. The molecule has 0 saturated heterocycles. The second-order valence-electron chi connectivity index (χ2n) is 4.60. The number of hydrogen-bond acceptors (Lipinski definition) is 6. The Labute approximate surface area is 123 Å². The lowest BCUT2D eigenvalue weighted by molar-refractivity contribution is 0.602. The van der Waals surface area contributed by atoms with Crippen LogP contribution in [0.2, 0.25) is 0 Å². The highest BCUT2D eigenvalue weighted by Crippen LogP contribution is 2.12. The van der Waals surface area contributed by atoms with Gasteiger partial charge in [-0.05, 0) is 30.7 Å². The first-order valence-electron chi connectivity index (χ1n) is 6.17. The van der Waals surface area contributed by atoms with Gasteiger partial charge in [0, 0.05) is 18.5 Å². The molecule has 0 amide bonds. The van der Waals surface area contributed by atoms with Crippen LogP contribution in [0.25, 0.3) is 0 Å². The van der Waals surface area contributed by atoms with Gasteiger partial charge in [-0.2, -0.15) is 5.26 Å². The Morgan fingerprint density at radius 2 is 1.90 bits per heavy atom. The summed E-state index contributed by atoms with van der Waals surface area (Å²) in [4.78, 5) is 8.51. The lowest BCUT2D eigenvalue weighted by Gasteiger charge is -2.06. The summed E-state index contributed by atoms with van der Waals surface area (Å²) < 4.78 is 22.7. The van der Waals surface area contributed by atoms with E-state index in [2.05, 4.69) is 15.3 Å². The number of aryl methyl sites for hydroxylation is 1. The maximum absolute atomic E-state index is 11.4. The summed E-state index contributed by atoms with van der Waals surface area (Å²) in [6.45, 7) is 2.23. The molecule has 0 aliphatic heterocycles. The molecular weight excluding hydrogens is 288 g/mol. The molecule has 0 saturated carbocycles. The van der Waals surface area contributed by atoms with E-state index in [0.717, 1.165) is 5.56 Å². The van der Waals surface area contributed by atoms with Crippen LogP contribution in [0, 0.1) is 18.3 Å². The summed E-state index contributed by atoms with van der Waals surface area (Å²) in [7, 11) is -3.18. The van der Waals surface area contributed by atoms with Crippen molar-refractivity contribution in [2.45, 2.75) is 18.4 Å². The minimum atomic E-state index is -3.18. The zero-order valence-corrected chi connectivity index (χ0v) is 12.5. The number of anilines is 1. The van der Waals surface area contributed by atoms with Crippen LogP contribution in [0.1, 0.15) is 17.0 Å². The van der Waals surface area contributed by atoms with Crippen molar-refractivity contribution in [3.63, 3.8) is 0 Å². The molecule has 0 unspecified atom stereocenters. The summed E-state index contributed by atoms with van der Waals surface area (Å²) in [5.41, 5.74) is 1.90. The smallest absolute Gasteiger partial charge is 0.224 e. The van der Waals surface area contributed by atoms with Crippen LogP contribution >= 0.6 is 0 Å². The lowest BCUT2D eigenvalue weighted by Crippen LogP contribution is -2.06. The highest BCUT2D eigenvalue weighted by Gasteiger charge is 2.06. The van der Waals surface area contributed by atoms with Gasteiger partial charge < -0.3 is 5.32 Å². The molecular formula is C14H14N4O2S. The molecule has 0 atom stereocenters. The van der Waals surface area contributed by atoms with Crippen LogP contribution in [0.15, 0.2) is 35.2 Å². The molecule has 0 aliphatic carbocycles. The standard InChI is InChI=1S/C14H14N4O2S/c1-10-7-12(8-15)18-14(17-10)16-9-11-3-5-13(6-4-11)21(2,19)20/h3-7H,9H2,1-2H3,(H,16,17,18). The number of benzene rings is 1. The van der Waals surface area contributed by atoms with Gasteiger partial charge >= 0.3 is 0 Å². The van der Waals surface area contributed by atoms with E-state index in [4.69, 9.17) is 5.26 Å². The largest absolute Gasteiger partial charge is 0.350 e. The van der Waals surface area contributed by atoms with Crippen molar-refractivity contribution in [3.05, 3.63) is 47.3 Å². The topological polar surface area (TPSA) is 95.7 Å². The Bertz CT molecular complexity index is 793. The Balaban J connectivity index is 2.10. The summed E-state index contributed by atoms with van der Waals surface area (Å²) in [5.74, 6) is 0.374. The van der Waals surface area contributed by atoms with E-state index in [1.165, 1.54) is 6.26 Å². The monoisotopic (exact) mass is 302 g/mol. The Morgan fingerprint density at radius 3 is 2.48 bits per heavy atom. The maximum Gasteiger partial charge on any atom is 0.224 e. The molecule has 1 N–H and O–H groups in total. The Hall–Kier alpha value is -2.46. The summed E-state index contributed by atoms with van der Waals surface area (Å²) >= 11 is 0. The highest BCUT2D eigenvalue weighted by atomic mass is 32.2. The van der Waals surface area contributed by atoms with Crippen molar-refractivity contribution in [2.24, 2.45) is 0 Å². The van der Waals surface area contributed by atoms with Crippen LogP contribution in [0.4, 0.5) is 5.95 Å². The first-order chi connectivity index (χ1) is 9.88. The Morgan fingerprint density at radius 1 is 1.24 bits per heavy atom. The first kappa shape index (κ1) is 14.9. The molecule has 2 aromatic rings. The van der Waals surface area contributed by atoms with Crippen molar-refractivity contribution >= 4 is 15.8 Å². The average molecular weight is 302 g/mol. The van der Waals surface area contributed by atoms with Gasteiger partial charge in [0.15, 0.2) is 9.84 Å². The van der Waals surface area contributed by atoms with Crippen molar-refractivity contribution in [1.29, 1.82) is 5.26 Å². The molecule has 2 rings (SSSR count). The normalized spacial score (nSPS) is 10.9. The molecule has 0 radical (unpaired) electrons. The fourth-order valence-corrected chi connectivity index (χ4v) is 2.37. The van der Waals surface area contributed by atoms with Crippen LogP contribution < -0.4 is 5.32 Å². The van der Waals surface area contributed by atoms with E-state index in [-0.39, 0.29) is 4.90 Å². The molecule has 1 aromatic heterocycles. The summed E-state index contributed by atoms with van der Waals surface area (Å²) in [5, 5.41) is 11.9. The highest BCUT2D eigenvalue weighted by molar-refractivity contribution is 7.90. The minimum absolute atomic E-state index is 0.282. The quantitative estimate of drug-likeness (QED) is 0.923. The number of hydrogen-bond donors (Lipinski definition) is 1. The molecule has 1 aromatic carbocycles. The molecule has 0 spiro atoms. The van der Waals surface area contributed by atoms with Crippen LogP contribution in [-0.2, 0) is 16.4 Å². The number of sulfone groups is 1. The van der Waals surface area contributed by atoms with Crippen LogP contribution in [-0.4, -0.2) is 24.6 Å². The molecule has 0 aliphatic rings. The second kappa shape index (κ2) is 5.89. The predicted octanol–water partition coefficient (Wildman–Crippen LogP) is 1.67. The van der Waals surface area contributed by atoms with Gasteiger partial charge in [0.2, 0.25) is 5.95 Å². The predicted molar refractivity (Wildman–Crippen MR) is 78.4 cm³/mol. The number of rotatable bonds is 4. The Kier molecular flexibility index (Phi) is 4.19. The summed E-state index contributed by atoms with van der Waals surface area (Å²) in [6, 6.07) is 10.1. The molecule has 1 heterocycles. The fourth-order valence-electron chi connectivity index (χ4n) is 1.74. The van der Waals surface area contributed by atoms with Crippen LogP contribution in [0.3, 0.4) is 0 Å². The zero-order chi connectivity index (χ0) is 15.5. The van der Waals surface area contributed by atoms with Gasteiger partial charge in [-0.15, -0.1) is 0 Å². The third-order valence-corrected chi connectivity index (χ3v) is 3.90. The van der Waals surface area contributed by atoms with E-state index in [1.807, 2.05) is 6.07 Å². The average Bonchev–Trinajstić information content (AvgIpc) is 2.44. The molecule has 7 heteroatoms. The van der Waals surface area contributed by atoms with Gasteiger partial charge in [0.1, 0.15) is 11.8 Å².